The average Bonchev–Trinajstić information content (AvgIpc) is 2.65. The van der Waals surface area contributed by atoms with Crippen molar-refractivity contribution in [1.29, 1.82) is 0 Å². The minimum absolute atomic E-state index is 0.0181. The van der Waals surface area contributed by atoms with Crippen molar-refractivity contribution in [3.63, 3.8) is 0 Å². The average molecular weight is 407 g/mol. The lowest BCUT2D eigenvalue weighted by Gasteiger charge is -2.21. The van der Waals surface area contributed by atoms with Crippen LogP contribution in [-0.2, 0) is 14.8 Å². The summed E-state index contributed by atoms with van der Waals surface area (Å²) in [6.07, 6.45) is 1.40. The Bertz CT molecular complexity index is 1040. The van der Waals surface area contributed by atoms with Crippen LogP contribution < -0.4 is 17.4 Å². The van der Waals surface area contributed by atoms with Gasteiger partial charge in [0.2, 0.25) is 0 Å². The maximum absolute atomic E-state index is 13.0. The van der Waals surface area contributed by atoms with Gasteiger partial charge in [0.25, 0.3) is 21.8 Å². The van der Waals surface area contributed by atoms with Gasteiger partial charge in [0.1, 0.15) is 5.69 Å². The number of pyridine rings is 1. The molecular formula is C16H21N7O4S. The first kappa shape index (κ1) is 21.2. The Labute approximate surface area is 161 Å². The van der Waals surface area contributed by atoms with Gasteiger partial charge in [-0.25, -0.2) is 5.84 Å². The Morgan fingerprint density at radius 3 is 2.54 bits per heavy atom. The molecule has 0 unspecified atom stereocenters. The molecule has 2 rings (SSSR count). The Morgan fingerprint density at radius 2 is 1.96 bits per heavy atom. The van der Waals surface area contributed by atoms with Gasteiger partial charge in [0.15, 0.2) is 6.04 Å². The van der Waals surface area contributed by atoms with Crippen molar-refractivity contribution < 1.29 is 18.0 Å². The highest BCUT2D eigenvalue weighted by atomic mass is 32.2. The number of nitrogens with two attached hydrogens (primary N) is 3. The van der Waals surface area contributed by atoms with E-state index in [1.165, 1.54) is 24.4 Å². The largest absolute Gasteiger partial charge is 0.364 e. The molecule has 1 heterocycles. The van der Waals surface area contributed by atoms with E-state index in [-0.39, 0.29) is 32.7 Å². The van der Waals surface area contributed by atoms with Crippen LogP contribution in [0.2, 0.25) is 0 Å². The van der Waals surface area contributed by atoms with Crippen molar-refractivity contribution in [2.24, 2.45) is 33.7 Å². The molecule has 2 aromatic rings. The molecule has 6 N–H and O–H groups in total. The second kappa shape index (κ2) is 8.27. The van der Waals surface area contributed by atoms with Crippen molar-refractivity contribution in [3.8, 4) is 0 Å². The summed E-state index contributed by atoms with van der Waals surface area (Å²) in [6.45, 7) is 3.66. The Balaban J connectivity index is 2.51. The smallest absolute Gasteiger partial charge is 0.280 e. The van der Waals surface area contributed by atoms with Crippen LogP contribution in [-0.4, -0.2) is 35.7 Å². The van der Waals surface area contributed by atoms with E-state index in [2.05, 4.69) is 15.3 Å². The normalized spacial score (nSPS) is 13.1. The molecule has 1 aromatic carbocycles. The van der Waals surface area contributed by atoms with E-state index in [9.17, 15) is 18.0 Å². The van der Waals surface area contributed by atoms with Gasteiger partial charge in [0, 0.05) is 11.6 Å². The van der Waals surface area contributed by atoms with Crippen molar-refractivity contribution in [2.75, 3.05) is 0 Å². The number of aromatic nitrogens is 1. The summed E-state index contributed by atoms with van der Waals surface area (Å²) in [5, 5.41) is 7.26. The molecular weight excluding hydrogens is 386 g/mol. The van der Waals surface area contributed by atoms with Crippen molar-refractivity contribution >= 4 is 32.6 Å². The molecule has 0 fully saturated rings. The molecule has 12 heteroatoms. The lowest BCUT2D eigenvalue weighted by Crippen LogP contribution is -2.47. The van der Waals surface area contributed by atoms with Crippen molar-refractivity contribution in [2.45, 2.75) is 31.2 Å². The van der Waals surface area contributed by atoms with Gasteiger partial charge in [-0.05, 0) is 29.9 Å². The van der Waals surface area contributed by atoms with Crippen LogP contribution >= 0.6 is 0 Å². The number of nitrogens with zero attached hydrogens (tertiary/aromatic N) is 4. The summed E-state index contributed by atoms with van der Waals surface area (Å²) < 4.78 is 26.0. The number of sulfonamides is 1. The van der Waals surface area contributed by atoms with Gasteiger partial charge in [-0.15, -0.1) is 0 Å². The number of fused-ring (bicyclic) bond motifs is 1. The molecule has 0 saturated carbocycles. The Kier molecular flexibility index (Phi) is 6.26. The molecule has 1 aromatic heterocycles. The van der Waals surface area contributed by atoms with Gasteiger partial charge >= 0.3 is 0 Å². The number of carbonyl (C=O) groups is 2. The first-order valence-electron chi connectivity index (χ1n) is 8.22. The molecule has 0 aliphatic heterocycles. The number of hydrogen-bond acceptors (Lipinski definition) is 8. The zero-order valence-corrected chi connectivity index (χ0v) is 16.1. The summed E-state index contributed by atoms with van der Waals surface area (Å²) in [4.78, 5) is 27.5. The zero-order chi connectivity index (χ0) is 21.1. The van der Waals surface area contributed by atoms with Crippen LogP contribution in [0.3, 0.4) is 0 Å². The highest BCUT2D eigenvalue weighted by Gasteiger charge is 2.33. The number of carbonyl (C=O) groups excluding carboxylic acids is 2. The summed E-state index contributed by atoms with van der Waals surface area (Å²) in [5.74, 6) is 8.98. The first-order valence-corrected chi connectivity index (χ1v) is 9.66. The van der Waals surface area contributed by atoms with Crippen LogP contribution in [0.15, 0.2) is 45.7 Å². The van der Waals surface area contributed by atoms with E-state index in [4.69, 9.17) is 17.4 Å². The maximum Gasteiger partial charge on any atom is 0.280 e. The minimum Gasteiger partial charge on any atom is -0.364 e. The van der Waals surface area contributed by atoms with Crippen LogP contribution in [0.1, 0.15) is 30.8 Å². The van der Waals surface area contributed by atoms with Crippen molar-refractivity contribution in [1.82, 2.24) is 9.40 Å². The number of hydrogen-bond donors (Lipinski definition) is 3. The second-order valence-electron chi connectivity index (χ2n) is 6.43. The van der Waals surface area contributed by atoms with E-state index < -0.39 is 27.9 Å². The molecule has 28 heavy (non-hydrogen) atoms. The lowest BCUT2D eigenvalue weighted by atomic mass is 10.0. The predicted octanol–water partition coefficient (Wildman–Crippen LogP) is 0.465. The molecule has 0 radical (unpaired) electrons. The van der Waals surface area contributed by atoms with Crippen LogP contribution in [0.4, 0.5) is 0 Å². The third-order valence-electron chi connectivity index (χ3n) is 3.92. The van der Waals surface area contributed by atoms with Gasteiger partial charge in [-0.2, -0.15) is 17.9 Å². The quantitative estimate of drug-likeness (QED) is 0.257. The SMILES string of the molecule is CC(C)C[C@H](N=NN)C(=O)N(N)S(=O)(=O)c1cccc2cc(C(N)=O)ncc12. The molecule has 0 spiro atoms. The van der Waals surface area contributed by atoms with E-state index in [0.29, 0.717) is 5.39 Å². The second-order valence-corrected chi connectivity index (χ2v) is 8.21. The van der Waals surface area contributed by atoms with Gasteiger partial charge in [0.05, 0.1) is 4.90 Å². The molecule has 2 amide bonds. The highest BCUT2D eigenvalue weighted by molar-refractivity contribution is 7.89. The third-order valence-corrected chi connectivity index (χ3v) is 5.53. The minimum atomic E-state index is -4.43. The Hall–Kier alpha value is -3.12. The van der Waals surface area contributed by atoms with E-state index in [1.54, 1.807) is 6.07 Å². The topological polar surface area (TPSA) is 187 Å². The predicted molar refractivity (Wildman–Crippen MR) is 101 cm³/mol. The fourth-order valence-corrected chi connectivity index (χ4v) is 3.87. The summed E-state index contributed by atoms with van der Waals surface area (Å²) in [7, 11) is -4.43. The molecule has 0 aliphatic rings. The third kappa shape index (κ3) is 4.23. The summed E-state index contributed by atoms with van der Waals surface area (Å²) in [5.41, 5.74) is 5.17. The number of primary amides is 1. The first-order chi connectivity index (χ1) is 13.1. The molecule has 0 bridgehead atoms. The van der Waals surface area contributed by atoms with E-state index in [1.807, 2.05) is 13.8 Å². The molecule has 0 aliphatic carbocycles. The fraction of sp³-hybridized carbons (Fsp3) is 0.312. The molecule has 11 nitrogen and oxygen atoms in total. The number of hydrazine groups is 1. The zero-order valence-electron chi connectivity index (χ0n) is 15.3. The lowest BCUT2D eigenvalue weighted by molar-refractivity contribution is -0.128. The monoisotopic (exact) mass is 407 g/mol. The van der Waals surface area contributed by atoms with Gasteiger partial charge in [-0.3, -0.25) is 14.6 Å². The van der Waals surface area contributed by atoms with E-state index in [0.717, 1.165) is 0 Å². The number of amides is 2. The summed E-state index contributed by atoms with van der Waals surface area (Å²) in [6, 6.07) is 4.51. The van der Waals surface area contributed by atoms with Gasteiger partial charge in [-0.1, -0.05) is 31.2 Å². The standard InChI is InChI=1S/C16H21N7O4S/c1-9(2)6-13(21-22-18)16(25)23(19)28(26,27)14-5-3-4-10-7-12(15(17)24)20-8-11(10)14/h3-5,7-9,13H,6,19H2,1-2H3,(H2,17,24)(H2,18,21)/t13-/m0/s1. The van der Waals surface area contributed by atoms with Crippen LogP contribution in [0.25, 0.3) is 10.8 Å². The van der Waals surface area contributed by atoms with E-state index >= 15 is 0 Å². The fourth-order valence-electron chi connectivity index (χ4n) is 2.60. The number of rotatable bonds is 7. The maximum atomic E-state index is 13.0. The highest BCUT2D eigenvalue weighted by Crippen LogP contribution is 2.25. The van der Waals surface area contributed by atoms with Crippen molar-refractivity contribution in [3.05, 3.63) is 36.2 Å². The Morgan fingerprint density at radius 1 is 1.29 bits per heavy atom. The molecule has 150 valence electrons. The van der Waals surface area contributed by atoms with Crippen LogP contribution in [0.5, 0.6) is 0 Å². The van der Waals surface area contributed by atoms with Crippen LogP contribution in [0, 0.1) is 5.92 Å². The molecule has 1 atom stereocenters. The molecule has 0 saturated heterocycles. The number of benzene rings is 1. The summed E-state index contributed by atoms with van der Waals surface area (Å²) >= 11 is 0. The van der Waals surface area contributed by atoms with Gasteiger partial charge < -0.3 is 11.6 Å².